The Bertz CT molecular complexity index is 1310. The Balaban J connectivity index is 1.34. The molecule has 4 aromatic rings. The number of hydrogen-bond acceptors (Lipinski definition) is 7. The van der Waals surface area contributed by atoms with Crippen LogP contribution in [0.4, 0.5) is 0 Å². The third-order valence-corrected chi connectivity index (χ3v) is 7.72. The van der Waals surface area contributed by atoms with Gasteiger partial charge in [-0.1, -0.05) is 53.7 Å². The summed E-state index contributed by atoms with van der Waals surface area (Å²) in [6, 6.07) is 19.0. The van der Waals surface area contributed by atoms with Crippen molar-refractivity contribution in [3.8, 4) is 11.5 Å². The number of halogens is 2. The standard InChI is InChI=1S/C24H19BrClN3O3S2/c1-31-20-11-15(10-17(25)23(20)32-13-16-6-2-3-7-18(16)26)12-27-29-22(30)14-33-24-28-19-8-4-5-9-21(19)34-24/h2-12H,13-14H2,1H3,(H,29,30)/b27-12-. The van der Waals surface area contributed by atoms with Crippen molar-refractivity contribution >= 4 is 73.0 Å². The topological polar surface area (TPSA) is 72.8 Å². The molecule has 0 saturated heterocycles. The quantitative estimate of drug-likeness (QED) is 0.139. The Morgan fingerprint density at radius 3 is 2.82 bits per heavy atom. The maximum atomic E-state index is 12.2. The van der Waals surface area contributed by atoms with Gasteiger partial charge in [-0.3, -0.25) is 4.79 Å². The number of methoxy groups -OCH3 is 1. The van der Waals surface area contributed by atoms with Gasteiger partial charge in [-0.2, -0.15) is 5.10 Å². The number of thioether (sulfide) groups is 1. The molecule has 0 fully saturated rings. The lowest BCUT2D eigenvalue weighted by Gasteiger charge is -2.14. The summed E-state index contributed by atoms with van der Waals surface area (Å²) in [5.74, 6) is 1.08. The van der Waals surface area contributed by atoms with Crippen LogP contribution in [-0.4, -0.2) is 30.0 Å². The number of nitrogens with zero attached hydrogens (tertiary/aromatic N) is 2. The number of rotatable bonds is 9. The molecule has 6 nitrogen and oxygen atoms in total. The SMILES string of the molecule is COc1cc(/C=N\NC(=O)CSc2nc3ccccc3s2)cc(Br)c1OCc1ccccc1Cl. The number of thiazole rings is 1. The van der Waals surface area contributed by atoms with E-state index in [1.54, 1.807) is 30.7 Å². The molecule has 0 unspecified atom stereocenters. The van der Waals surface area contributed by atoms with Crippen molar-refractivity contribution in [1.29, 1.82) is 0 Å². The fourth-order valence-corrected chi connectivity index (χ4v) is 5.60. The van der Waals surface area contributed by atoms with Gasteiger partial charge in [0.25, 0.3) is 5.91 Å². The number of aromatic nitrogens is 1. The van der Waals surface area contributed by atoms with E-state index in [4.69, 9.17) is 21.1 Å². The Labute approximate surface area is 218 Å². The number of benzene rings is 3. The summed E-state index contributed by atoms with van der Waals surface area (Å²) in [5, 5.41) is 4.70. The molecule has 1 aromatic heterocycles. The third-order valence-electron chi connectivity index (χ3n) is 4.59. The zero-order valence-corrected chi connectivity index (χ0v) is 21.9. The second-order valence-corrected chi connectivity index (χ2v) is 10.5. The predicted octanol–water partition coefficient (Wildman–Crippen LogP) is 6.54. The number of hydrogen-bond donors (Lipinski definition) is 1. The molecule has 0 aliphatic carbocycles. The van der Waals surface area contributed by atoms with Crippen molar-refractivity contribution in [3.05, 3.63) is 81.3 Å². The number of amides is 1. The van der Waals surface area contributed by atoms with Gasteiger partial charge in [0.2, 0.25) is 0 Å². The minimum Gasteiger partial charge on any atom is -0.493 e. The number of carbonyl (C=O) groups excluding carboxylic acids is 1. The van der Waals surface area contributed by atoms with Gasteiger partial charge in [0, 0.05) is 10.6 Å². The van der Waals surface area contributed by atoms with E-state index < -0.39 is 0 Å². The molecular formula is C24H19BrClN3O3S2. The largest absolute Gasteiger partial charge is 0.493 e. The van der Waals surface area contributed by atoms with Crippen molar-refractivity contribution in [2.24, 2.45) is 5.10 Å². The average Bonchev–Trinajstić information content (AvgIpc) is 3.26. The van der Waals surface area contributed by atoms with Crippen LogP contribution in [0, 0.1) is 0 Å². The zero-order chi connectivity index (χ0) is 23.9. The normalized spacial score (nSPS) is 11.1. The summed E-state index contributed by atoms with van der Waals surface area (Å²) >= 11 is 12.7. The molecule has 1 amide bonds. The lowest BCUT2D eigenvalue weighted by atomic mass is 10.2. The van der Waals surface area contributed by atoms with E-state index in [1.165, 1.54) is 11.8 Å². The molecule has 1 heterocycles. The van der Waals surface area contributed by atoms with Crippen molar-refractivity contribution < 1.29 is 14.3 Å². The van der Waals surface area contributed by atoms with Crippen LogP contribution in [0.2, 0.25) is 5.02 Å². The van der Waals surface area contributed by atoms with Crippen LogP contribution >= 0.6 is 50.6 Å². The number of carbonyl (C=O) groups is 1. The number of hydrazone groups is 1. The van der Waals surface area contributed by atoms with Gasteiger partial charge in [0.15, 0.2) is 15.8 Å². The van der Waals surface area contributed by atoms with Gasteiger partial charge in [0.1, 0.15) is 6.61 Å². The van der Waals surface area contributed by atoms with E-state index >= 15 is 0 Å². The Morgan fingerprint density at radius 1 is 1.24 bits per heavy atom. The maximum absolute atomic E-state index is 12.2. The van der Waals surface area contributed by atoms with Gasteiger partial charge in [-0.25, -0.2) is 10.4 Å². The molecule has 3 aromatic carbocycles. The summed E-state index contributed by atoms with van der Waals surface area (Å²) < 4.78 is 14.1. The van der Waals surface area contributed by atoms with E-state index in [0.717, 1.165) is 25.7 Å². The van der Waals surface area contributed by atoms with E-state index in [2.05, 4.69) is 31.4 Å². The second kappa shape index (κ2) is 11.7. The van der Waals surface area contributed by atoms with E-state index in [9.17, 15) is 4.79 Å². The smallest absolute Gasteiger partial charge is 0.250 e. The Hall–Kier alpha value is -2.59. The number of ether oxygens (including phenoxy) is 2. The summed E-state index contributed by atoms with van der Waals surface area (Å²) in [6.45, 7) is 0.296. The van der Waals surface area contributed by atoms with Gasteiger partial charge in [-0.05, 0) is 51.8 Å². The fourth-order valence-electron chi connectivity index (χ4n) is 2.97. The molecular weight excluding hydrogens is 558 g/mol. The Kier molecular flexibility index (Phi) is 8.44. The van der Waals surface area contributed by atoms with Crippen molar-refractivity contribution in [3.63, 3.8) is 0 Å². The number of para-hydroxylation sites is 1. The minimum atomic E-state index is -0.216. The molecule has 0 radical (unpaired) electrons. The summed E-state index contributed by atoms with van der Waals surface area (Å²) in [4.78, 5) is 16.7. The molecule has 0 atom stereocenters. The van der Waals surface area contributed by atoms with E-state index in [0.29, 0.717) is 27.6 Å². The first kappa shape index (κ1) is 24.5. The van der Waals surface area contributed by atoms with Crippen LogP contribution in [0.5, 0.6) is 11.5 Å². The van der Waals surface area contributed by atoms with Crippen LogP contribution in [0.3, 0.4) is 0 Å². The Morgan fingerprint density at radius 2 is 2.03 bits per heavy atom. The van der Waals surface area contributed by atoms with Crippen molar-refractivity contribution in [2.75, 3.05) is 12.9 Å². The molecule has 10 heteroatoms. The molecule has 4 rings (SSSR count). The summed E-state index contributed by atoms with van der Waals surface area (Å²) in [6.07, 6.45) is 1.55. The highest BCUT2D eigenvalue weighted by Gasteiger charge is 2.13. The average molecular weight is 577 g/mol. The number of fused-ring (bicyclic) bond motifs is 1. The lowest BCUT2D eigenvalue weighted by Crippen LogP contribution is -2.19. The first-order valence-electron chi connectivity index (χ1n) is 10.1. The van der Waals surface area contributed by atoms with Crippen molar-refractivity contribution in [1.82, 2.24) is 10.4 Å². The monoisotopic (exact) mass is 575 g/mol. The van der Waals surface area contributed by atoms with Gasteiger partial charge < -0.3 is 9.47 Å². The first-order valence-corrected chi connectivity index (χ1v) is 13.0. The van der Waals surface area contributed by atoms with E-state index in [-0.39, 0.29) is 11.7 Å². The van der Waals surface area contributed by atoms with Gasteiger partial charge >= 0.3 is 0 Å². The molecule has 0 aliphatic heterocycles. The van der Waals surface area contributed by atoms with Gasteiger partial charge in [-0.15, -0.1) is 11.3 Å². The third kappa shape index (κ3) is 6.29. The van der Waals surface area contributed by atoms with Crippen LogP contribution < -0.4 is 14.9 Å². The molecule has 174 valence electrons. The maximum Gasteiger partial charge on any atom is 0.250 e. The minimum absolute atomic E-state index is 0.216. The zero-order valence-electron chi connectivity index (χ0n) is 18.0. The van der Waals surface area contributed by atoms with Crippen LogP contribution in [0.15, 0.2) is 74.6 Å². The molecule has 1 N–H and O–H groups in total. The molecule has 0 saturated carbocycles. The highest BCUT2D eigenvalue weighted by Crippen LogP contribution is 2.37. The van der Waals surface area contributed by atoms with E-state index in [1.807, 2.05) is 54.6 Å². The molecule has 0 bridgehead atoms. The molecule has 0 spiro atoms. The number of nitrogens with one attached hydrogen (secondary N) is 1. The predicted molar refractivity (Wildman–Crippen MR) is 143 cm³/mol. The van der Waals surface area contributed by atoms with Crippen LogP contribution in [-0.2, 0) is 11.4 Å². The molecule has 0 aliphatic rings. The summed E-state index contributed by atoms with van der Waals surface area (Å²) in [5.41, 5.74) is 5.08. The summed E-state index contributed by atoms with van der Waals surface area (Å²) in [7, 11) is 1.56. The van der Waals surface area contributed by atoms with Gasteiger partial charge in [0.05, 0.1) is 33.8 Å². The highest BCUT2D eigenvalue weighted by atomic mass is 79.9. The molecule has 34 heavy (non-hydrogen) atoms. The highest BCUT2D eigenvalue weighted by molar-refractivity contribution is 9.10. The van der Waals surface area contributed by atoms with Crippen LogP contribution in [0.1, 0.15) is 11.1 Å². The first-order chi connectivity index (χ1) is 16.5. The fraction of sp³-hybridized carbons (Fsp3) is 0.125. The van der Waals surface area contributed by atoms with Crippen LogP contribution in [0.25, 0.3) is 10.2 Å². The lowest BCUT2D eigenvalue weighted by molar-refractivity contribution is -0.118. The van der Waals surface area contributed by atoms with Crippen molar-refractivity contribution in [2.45, 2.75) is 10.9 Å². The second-order valence-electron chi connectivity index (χ2n) is 6.94.